The standard InChI is InChI=1S/C14H19NS/c1-10-12(8-14(2,3)9-15)11-6-4-5-7-13(11)16-10/h4-7H,8-9,15H2,1-3H3. The van der Waals surface area contributed by atoms with Crippen LogP contribution < -0.4 is 5.73 Å². The number of nitrogens with two attached hydrogens (primary N) is 1. The Labute approximate surface area is 101 Å². The first-order chi connectivity index (χ1) is 7.53. The summed E-state index contributed by atoms with van der Waals surface area (Å²) in [5.74, 6) is 0. The Morgan fingerprint density at radius 1 is 1.25 bits per heavy atom. The SMILES string of the molecule is Cc1sc2ccccc2c1CC(C)(C)CN. The highest BCUT2D eigenvalue weighted by Gasteiger charge is 2.20. The van der Waals surface area contributed by atoms with Gasteiger partial charge in [-0.25, -0.2) is 0 Å². The van der Waals surface area contributed by atoms with Gasteiger partial charge < -0.3 is 5.73 Å². The maximum Gasteiger partial charge on any atom is 0.0348 e. The molecule has 0 unspecified atom stereocenters. The first-order valence-electron chi connectivity index (χ1n) is 5.70. The lowest BCUT2D eigenvalue weighted by atomic mass is 9.85. The van der Waals surface area contributed by atoms with E-state index in [2.05, 4.69) is 45.0 Å². The Balaban J connectivity index is 2.47. The third-order valence-corrected chi connectivity index (χ3v) is 4.24. The van der Waals surface area contributed by atoms with Crippen LogP contribution in [0.25, 0.3) is 10.1 Å². The highest BCUT2D eigenvalue weighted by molar-refractivity contribution is 7.19. The van der Waals surface area contributed by atoms with Crippen molar-refractivity contribution in [2.75, 3.05) is 6.54 Å². The molecule has 0 amide bonds. The van der Waals surface area contributed by atoms with E-state index in [0.717, 1.165) is 13.0 Å². The van der Waals surface area contributed by atoms with Gasteiger partial charge in [-0.2, -0.15) is 0 Å². The minimum absolute atomic E-state index is 0.189. The van der Waals surface area contributed by atoms with Gasteiger partial charge in [0.05, 0.1) is 0 Å². The second kappa shape index (κ2) is 4.19. The van der Waals surface area contributed by atoms with Crippen molar-refractivity contribution in [2.24, 2.45) is 11.1 Å². The van der Waals surface area contributed by atoms with Crippen LogP contribution >= 0.6 is 11.3 Å². The molecule has 0 saturated heterocycles. The smallest absolute Gasteiger partial charge is 0.0348 e. The zero-order valence-corrected chi connectivity index (χ0v) is 11.0. The van der Waals surface area contributed by atoms with E-state index < -0.39 is 0 Å². The number of benzene rings is 1. The summed E-state index contributed by atoms with van der Waals surface area (Å²) in [4.78, 5) is 1.43. The van der Waals surface area contributed by atoms with Crippen molar-refractivity contribution in [2.45, 2.75) is 27.2 Å². The van der Waals surface area contributed by atoms with Crippen LogP contribution in [0.3, 0.4) is 0 Å². The molecule has 0 spiro atoms. The first-order valence-corrected chi connectivity index (χ1v) is 6.52. The molecule has 86 valence electrons. The van der Waals surface area contributed by atoms with Crippen LogP contribution in [0.15, 0.2) is 24.3 Å². The Hall–Kier alpha value is -0.860. The molecule has 1 nitrogen and oxygen atoms in total. The van der Waals surface area contributed by atoms with Crippen LogP contribution in [0.2, 0.25) is 0 Å². The van der Waals surface area contributed by atoms with Gasteiger partial charge in [-0.05, 0) is 42.3 Å². The fourth-order valence-electron chi connectivity index (χ4n) is 1.99. The molecule has 0 bridgehead atoms. The van der Waals surface area contributed by atoms with E-state index in [0.29, 0.717) is 0 Å². The maximum atomic E-state index is 5.82. The van der Waals surface area contributed by atoms with E-state index in [1.54, 1.807) is 0 Å². The average Bonchev–Trinajstić information content (AvgIpc) is 2.56. The highest BCUT2D eigenvalue weighted by atomic mass is 32.1. The zero-order valence-electron chi connectivity index (χ0n) is 10.2. The van der Waals surface area contributed by atoms with Crippen LogP contribution in [0, 0.1) is 12.3 Å². The molecule has 0 aliphatic heterocycles. The van der Waals surface area contributed by atoms with Gasteiger partial charge in [-0.1, -0.05) is 32.0 Å². The van der Waals surface area contributed by atoms with Crippen LogP contribution in [0.4, 0.5) is 0 Å². The molecule has 0 fully saturated rings. The Morgan fingerprint density at radius 3 is 2.62 bits per heavy atom. The fraction of sp³-hybridized carbons (Fsp3) is 0.429. The molecular formula is C14H19NS. The molecule has 1 aromatic heterocycles. The average molecular weight is 233 g/mol. The lowest BCUT2D eigenvalue weighted by Gasteiger charge is -2.22. The van der Waals surface area contributed by atoms with E-state index in [1.165, 1.54) is 20.5 Å². The normalized spacial score (nSPS) is 12.2. The summed E-state index contributed by atoms with van der Waals surface area (Å²) < 4.78 is 1.39. The van der Waals surface area contributed by atoms with Gasteiger partial charge in [0.2, 0.25) is 0 Å². The van der Waals surface area contributed by atoms with E-state index in [4.69, 9.17) is 5.73 Å². The second-order valence-corrected chi connectivity index (χ2v) is 6.43. The molecule has 1 aromatic carbocycles. The second-order valence-electron chi connectivity index (χ2n) is 5.18. The minimum atomic E-state index is 0.189. The maximum absolute atomic E-state index is 5.82. The molecule has 0 atom stereocenters. The topological polar surface area (TPSA) is 26.0 Å². The van der Waals surface area contributed by atoms with Crippen LogP contribution in [0.5, 0.6) is 0 Å². The number of rotatable bonds is 3. The summed E-state index contributed by atoms with van der Waals surface area (Å²) in [5.41, 5.74) is 7.49. The van der Waals surface area contributed by atoms with Gasteiger partial charge in [0.25, 0.3) is 0 Å². The Bertz CT molecular complexity index is 496. The van der Waals surface area contributed by atoms with Gasteiger partial charge >= 0.3 is 0 Å². The Kier molecular flexibility index (Phi) is 3.04. The number of hydrogen-bond donors (Lipinski definition) is 1. The molecule has 16 heavy (non-hydrogen) atoms. The molecule has 0 aliphatic rings. The van der Waals surface area contributed by atoms with Gasteiger partial charge in [-0.3, -0.25) is 0 Å². The molecular weight excluding hydrogens is 214 g/mol. The molecule has 2 rings (SSSR count). The molecule has 0 saturated carbocycles. The summed E-state index contributed by atoms with van der Waals surface area (Å²) in [6, 6.07) is 8.65. The lowest BCUT2D eigenvalue weighted by Crippen LogP contribution is -2.26. The fourth-order valence-corrected chi connectivity index (χ4v) is 3.07. The highest BCUT2D eigenvalue weighted by Crippen LogP contribution is 2.34. The van der Waals surface area contributed by atoms with Crippen molar-refractivity contribution in [3.05, 3.63) is 34.7 Å². The number of fused-ring (bicyclic) bond motifs is 1. The van der Waals surface area contributed by atoms with Crippen molar-refractivity contribution < 1.29 is 0 Å². The van der Waals surface area contributed by atoms with Crippen LogP contribution in [0.1, 0.15) is 24.3 Å². The van der Waals surface area contributed by atoms with E-state index in [9.17, 15) is 0 Å². The molecule has 0 radical (unpaired) electrons. The van der Waals surface area contributed by atoms with Crippen molar-refractivity contribution in [1.29, 1.82) is 0 Å². The first kappa shape index (κ1) is 11.6. The summed E-state index contributed by atoms with van der Waals surface area (Å²) in [7, 11) is 0. The van der Waals surface area contributed by atoms with E-state index in [-0.39, 0.29) is 5.41 Å². The van der Waals surface area contributed by atoms with Crippen molar-refractivity contribution in [1.82, 2.24) is 0 Å². The predicted molar refractivity (Wildman–Crippen MR) is 73.1 cm³/mol. The quantitative estimate of drug-likeness (QED) is 0.858. The third kappa shape index (κ3) is 2.13. The van der Waals surface area contributed by atoms with Gasteiger partial charge in [0.15, 0.2) is 0 Å². The lowest BCUT2D eigenvalue weighted by molar-refractivity contribution is 0.378. The van der Waals surface area contributed by atoms with E-state index >= 15 is 0 Å². The van der Waals surface area contributed by atoms with Crippen molar-refractivity contribution in [3.8, 4) is 0 Å². The largest absolute Gasteiger partial charge is 0.330 e. The summed E-state index contributed by atoms with van der Waals surface area (Å²) in [5, 5.41) is 1.41. The summed E-state index contributed by atoms with van der Waals surface area (Å²) in [6.07, 6.45) is 1.07. The van der Waals surface area contributed by atoms with Crippen molar-refractivity contribution in [3.63, 3.8) is 0 Å². The van der Waals surface area contributed by atoms with Crippen molar-refractivity contribution >= 4 is 21.4 Å². The predicted octanol–water partition coefficient (Wildman–Crippen LogP) is 3.74. The number of thiophene rings is 1. The van der Waals surface area contributed by atoms with Crippen LogP contribution in [-0.2, 0) is 6.42 Å². The zero-order chi connectivity index (χ0) is 11.8. The van der Waals surface area contributed by atoms with Gasteiger partial charge in [-0.15, -0.1) is 11.3 Å². The van der Waals surface area contributed by atoms with Crippen LogP contribution in [-0.4, -0.2) is 6.54 Å². The van der Waals surface area contributed by atoms with Gasteiger partial charge in [0, 0.05) is 9.58 Å². The number of hydrogen-bond acceptors (Lipinski definition) is 2. The Morgan fingerprint density at radius 2 is 1.94 bits per heavy atom. The summed E-state index contributed by atoms with van der Waals surface area (Å²) >= 11 is 1.89. The van der Waals surface area contributed by atoms with E-state index in [1.807, 2.05) is 11.3 Å². The summed E-state index contributed by atoms with van der Waals surface area (Å²) in [6.45, 7) is 7.42. The molecule has 0 aliphatic carbocycles. The molecule has 2 heteroatoms. The number of aryl methyl sites for hydroxylation is 1. The molecule has 2 N–H and O–H groups in total. The monoisotopic (exact) mass is 233 g/mol. The minimum Gasteiger partial charge on any atom is -0.330 e. The molecule has 1 heterocycles. The molecule has 2 aromatic rings. The third-order valence-electron chi connectivity index (χ3n) is 3.11. The van der Waals surface area contributed by atoms with Gasteiger partial charge in [0.1, 0.15) is 0 Å².